The molecule has 0 saturated carbocycles. The van der Waals surface area contributed by atoms with Crippen LogP contribution in [0.2, 0.25) is 0 Å². The first-order chi connectivity index (χ1) is 8.02. The Morgan fingerprint density at radius 3 is 2.88 bits per heavy atom. The van der Waals surface area contributed by atoms with E-state index in [1.165, 1.54) is 0 Å². The molecule has 2 rings (SSSR count). The van der Waals surface area contributed by atoms with E-state index in [1.54, 1.807) is 6.92 Å². The predicted octanol–water partition coefficient (Wildman–Crippen LogP) is 0.517. The van der Waals surface area contributed by atoms with Crippen LogP contribution in [0.3, 0.4) is 0 Å². The molecular weight excluding hydrogens is 229 g/mol. The van der Waals surface area contributed by atoms with Gasteiger partial charge in [-0.1, -0.05) is 0 Å². The molecule has 2 atom stereocenters. The van der Waals surface area contributed by atoms with Crippen LogP contribution < -0.4 is 5.32 Å². The molecule has 0 bridgehead atoms. The average Bonchev–Trinajstić information content (AvgIpc) is 2.65. The van der Waals surface area contributed by atoms with Gasteiger partial charge in [0, 0.05) is 0 Å². The van der Waals surface area contributed by atoms with E-state index in [1.807, 2.05) is 0 Å². The topological polar surface area (TPSA) is 84.3 Å². The van der Waals surface area contributed by atoms with Crippen molar-refractivity contribution in [2.24, 2.45) is 5.41 Å². The van der Waals surface area contributed by atoms with Crippen molar-refractivity contribution in [2.75, 3.05) is 18.5 Å². The number of ether oxygens (including phenoxy) is 1. The van der Waals surface area contributed by atoms with Gasteiger partial charge in [-0.2, -0.15) is 0 Å². The van der Waals surface area contributed by atoms with Gasteiger partial charge in [0.15, 0.2) is 5.82 Å². The molecule has 1 fully saturated rings. The molecule has 0 aromatic carbocycles. The summed E-state index contributed by atoms with van der Waals surface area (Å²) in [7, 11) is 0. The molecule has 0 spiro atoms. The van der Waals surface area contributed by atoms with Gasteiger partial charge in [-0.25, -0.2) is 14.4 Å². The lowest BCUT2D eigenvalue weighted by Crippen LogP contribution is -2.43. The van der Waals surface area contributed by atoms with Crippen LogP contribution >= 0.6 is 0 Å². The molecule has 7 heteroatoms. The number of aliphatic carboxylic acids is 1. The summed E-state index contributed by atoms with van der Waals surface area (Å²) < 4.78 is 17.8. The van der Waals surface area contributed by atoms with E-state index in [-0.39, 0.29) is 19.2 Å². The summed E-state index contributed by atoms with van der Waals surface area (Å²) in [5, 5.41) is 12.0. The first-order valence-corrected chi connectivity index (χ1v) is 5.07. The second-order valence-corrected chi connectivity index (χ2v) is 4.16. The van der Waals surface area contributed by atoms with Crippen LogP contribution in [0.25, 0.3) is 0 Å². The molecule has 2 N–H and O–H groups in total. The van der Waals surface area contributed by atoms with Gasteiger partial charge in [-0.3, -0.25) is 4.79 Å². The SMILES string of the molecule is CC1(C(=O)O)COCC1Nc1ncc(F)cn1. The van der Waals surface area contributed by atoms with Gasteiger partial charge in [-0.15, -0.1) is 0 Å². The lowest BCUT2D eigenvalue weighted by atomic mass is 9.85. The predicted molar refractivity (Wildman–Crippen MR) is 56.0 cm³/mol. The summed E-state index contributed by atoms with van der Waals surface area (Å²) in [6.45, 7) is 1.97. The number of carboxylic acids is 1. The van der Waals surface area contributed by atoms with Crippen LogP contribution in [-0.4, -0.2) is 40.3 Å². The molecular formula is C10H12FN3O3. The summed E-state index contributed by atoms with van der Waals surface area (Å²) in [5.74, 6) is -1.30. The molecule has 1 aromatic heterocycles. The lowest BCUT2D eigenvalue weighted by Gasteiger charge is -2.25. The van der Waals surface area contributed by atoms with Crippen molar-refractivity contribution in [3.05, 3.63) is 18.2 Å². The lowest BCUT2D eigenvalue weighted by molar-refractivity contribution is -0.148. The smallest absolute Gasteiger partial charge is 0.313 e. The highest BCUT2D eigenvalue weighted by Gasteiger charge is 2.47. The normalized spacial score (nSPS) is 28.0. The fraction of sp³-hybridized carbons (Fsp3) is 0.500. The number of nitrogens with one attached hydrogen (secondary N) is 1. The Kier molecular flexibility index (Phi) is 2.93. The van der Waals surface area contributed by atoms with E-state index in [4.69, 9.17) is 9.84 Å². The number of carbonyl (C=O) groups is 1. The van der Waals surface area contributed by atoms with E-state index < -0.39 is 23.2 Å². The monoisotopic (exact) mass is 241 g/mol. The molecule has 1 aromatic rings. The van der Waals surface area contributed by atoms with E-state index >= 15 is 0 Å². The van der Waals surface area contributed by atoms with Crippen molar-refractivity contribution >= 4 is 11.9 Å². The Balaban J connectivity index is 2.13. The fourth-order valence-electron chi connectivity index (χ4n) is 1.63. The Morgan fingerprint density at radius 2 is 2.29 bits per heavy atom. The summed E-state index contributed by atoms with van der Waals surface area (Å²) in [5.41, 5.74) is -1.03. The number of anilines is 1. The Hall–Kier alpha value is -1.76. The number of carboxylic acid groups (broad SMARTS) is 1. The van der Waals surface area contributed by atoms with Crippen molar-refractivity contribution in [3.63, 3.8) is 0 Å². The minimum absolute atomic E-state index is 0.126. The average molecular weight is 241 g/mol. The largest absolute Gasteiger partial charge is 0.481 e. The van der Waals surface area contributed by atoms with Crippen LogP contribution in [0.1, 0.15) is 6.92 Å². The van der Waals surface area contributed by atoms with Gasteiger partial charge in [0.05, 0.1) is 31.6 Å². The third-order valence-electron chi connectivity index (χ3n) is 2.87. The second-order valence-electron chi connectivity index (χ2n) is 4.16. The van der Waals surface area contributed by atoms with Gasteiger partial charge < -0.3 is 15.2 Å². The van der Waals surface area contributed by atoms with Crippen molar-refractivity contribution in [1.29, 1.82) is 0 Å². The molecule has 2 unspecified atom stereocenters. The van der Waals surface area contributed by atoms with Crippen molar-refractivity contribution in [3.8, 4) is 0 Å². The maximum atomic E-state index is 12.6. The first-order valence-electron chi connectivity index (χ1n) is 5.07. The van der Waals surface area contributed by atoms with E-state index in [2.05, 4.69) is 15.3 Å². The maximum Gasteiger partial charge on any atom is 0.313 e. The number of hydrogen-bond donors (Lipinski definition) is 2. The molecule has 0 radical (unpaired) electrons. The van der Waals surface area contributed by atoms with E-state index in [0.717, 1.165) is 12.4 Å². The van der Waals surface area contributed by atoms with Crippen molar-refractivity contribution < 1.29 is 19.0 Å². The van der Waals surface area contributed by atoms with Gasteiger partial charge in [-0.05, 0) is 6.92 Å². The molecule has 6 nitrogen and oxygen atoms in total. The molecule has 1 aliphatic heterocycles. The van der Waals surface area contributed by atoms with Gasteiger partial charge >= 0.3 is 5.97 Å². The maximum absolute atomic E-state index is 12.6. The highest BCUT2D eigenvalue weighted by atomic mass is 19.1. The summed E-state index contributed by atoms with van der Waals surface area (Å²) in [4.78, 5) is 18.6. The summed E-state index contributed by atoms with van der Waals surface area (Å²) in [6.07, 6.45) is 2.03. The van der Waals surface area contributed by atoms with Crippen molar-refractivity contribution in [1.82, 2.24) is 9.97 Å². The fourth-order valence-corrected chi connectivity index (χ4v) is 1.63. The molecule has 0 aliphatic carbocycles. The molecule has 92 valence electrons. The second kappa shape index (κ2) is 4.25. The molecule has 17 heavy (non-hydrogen) atoms. The molecule has 1 saturated heterocycles. The zero-order chi connectivity index (χ0) is 12.5. The standard InChI is InChI=1S/C10H12FN3O3/c1-10(8(15)16)5-17-4-7(10)14-9-12-2-6(11)3-13-9/h2-3,7H,4-5H2,1H3,(H,15,16)(H,12,13,14). The molecule has 0 amide bonds. The third-order valence-corrected chi connectivity index (χ3v) is 2.87. The highest BCUT2D eigenvalue weighted by Crippen LogP contribution is 2.30. The van der Waals surface area contributed by atoms with Crippen LogP contribution in [0.15, 0.2) is 12.4 Å². The van der Waals surface area contributed by atoms with Crippen LogP contribution in [-0.2, 0) is 9.53 Å². The Labute approximate surface area is 96.8 Å². The quantitative estimate of drug-likeness (QED) is 0.802. The number of aromatic nitrogens is 2. The van der Waals surface area contributed by atoms with Crippen LogP contribution in [0.4, 0.5) is 10.3 Å². The first kappa shape index (κ1) is 11.7. The van der Waals surface area contributed by atoms with Crippen LogP contribution in [0, 0.1) is 11.2 Å². The van der Waals surface area contributed by atoms with Gasteiger partial charge in [0.1, 0.15) is 5.41 Å². The van der Waals surface area contributed by atoms with Crippen LogP contribution in [0.5, 0.6) is 0 Å². The highest BCUT2D eigenvalue weighted by molar-refractivity contribution is 5.76. The van der Waals surface area contributed by atoms with E-state index in [9.17, 15) is 9.18 Å². The van der Waals surface area contributed by atoms with Gasteiger partial charge in [0.25, 0.3) is 0 Å². The molecule has 1 aliphatic rings. The summed E-state index contributed by atoms with van der Waals surface area (Å²) >= 11 is 0. The zero-order valence-corrected chi connectivity index (χ0v) is 9.18. The number of halogens is 1. The van der Waals surface area contributed by atoms with Crippen molar-refractivity contribution in [2.45, 2.75) is 13.0 Å². The Bertz CT molecular complexity index is 425. The Morgan fingerprint density at radius 1 is 1.65 bits per heavy atom. The minimum Gasteiger partial charge on any atom is -0.481 e. The minimum atomic E-state index is -1.03. The number of nitrogens with zero attached hydrogens (tertiary/aromatic N) is 2. The van der Waals surface area contributed by atoms with Gasteiger partial charge in [0.2, 0.25) is 5.95 Å². The van der Waals surface area contributed by atoms with E-state index in [0.29, 0.717) is 0 Å². The number of hydrogen-bond acceptors (Lipinski definition) is 5. The zero-order valence-electron chi connectivity index (χ0n) is 9.18. The third kappa shape index (κ3) is 2.19. The summed E-state index contributed by atoms with van der Waals surface area (Å²) in [6, 6.07) is -0.439. The molecule has 2 heterocycles. The number of rotatable bonds is 3.